The van der Waals surface area contributed by atoms with Crippen molar-refractivity contribution >= 4 is 22.7 Å². The Labute approximate surface area is 120 Å². The second-order valence-corrected chi connectivity index (χ2v) is 6.14. The summed E-state index contributed by atoms with van der Waals surface area (Å²) in [7, 11) is 0. The molecule has 0 fully saturated rings. The first-order chi connectivity index (χ1) is 9.24. The van der Waals surface area contributed by atoms with Crippen molar-refractivity contribution in [2.45, 2.75) is 38.3 Å². The lowest BCUT2D eigenvalue weighted by molar-refractivity contribution is 0.404. The lowest BCUT2D eigenvalue weighted by Crippen LogP contribution is -2.36. The summed E-state index contributed by atoms with van der Waals surface area (Å²) in [5, 5.41) is 6.17. The molecule has 1 aromatic carbocycles. The smallest absolute Gasteiger partial charge is 0.0733 e. The quantitative estimate of drug-likeness (QED) is 0.739. The molecule has 0 aliphatic rings. The van der Waals surface area contributed by atoms with E-state index in [0.717, 1.165) is 18.2 Å². The first-order valence-electron chi connectivity index (χ1n) is 7.18. The van der Waals surface area contributed by atoms with Gasteiger partial charge < -0.3 is 10.3 Å². The zero-order chi connectivity index (χ0) is 13.7. The number of thioether (sulfide) groups is 1. The minimum Gasteiger partial charge on any atom is -0.350 e. The third-order valence-electron chi connectivity index (χ3n) is 3.72. The first kappa shape index (κ1) is 14.5. The Bertz CT molecular complexity index is 473. The number of fused-ring (bicyclic) bond motifs is 1. The average molecular weight is 276 g/mol. The fourth-order valence-electron chi connectivity index (χ4n) is 2.28. The summed E-state index contributed by atoms with van der Waals surface area (Å²) in [5.74, 6) is 1.84. The van der Waals surface area contributed by atoms with E-state index in [1.165, 1.54) is 22.3 Å². The Hall–Kier alpha value is -0.930. The van der Waals surface area contributed by atoms with Gasteiger partial charge in [-0.1, -0.05) is 45.4 Å². The van der Waals surface area contributed by atoms with Gasteiger partial charge in [0.05, 0.1) is 5.03 Å². The Morgan fingerprint density at radius 2 is 2.05 bits per heavy atom. The third kappa shape index (κ3) is 3.77. The normalized spacial score (nSPS) is 14.7. The lowest BCUT2D eigenvalue weighted by Gasteiger charge is -2.23. The molecule has 0 saturated carbocycles. The highest BCUT2D eigenvalue weighted by Gasteiger charge is 2.15. The van der Waals surface area contributed by atoms with Gasteiger partial charge in [-0.2, -0.15) is 0 Å². The van der Waals surface area contributed by atoms with E-state index in [1.54, 1.807) is 0 Å². The van der Waals surface area contributed by atoms with Crippen LogP contribution in [0.4, 0.5) is 0 Å². The topological polar surface area (TPSA) is 27.8 Å². The molecule has 0 saturated heterocycles. The van der Waals surface area contributed by atoms with Gasteiger partial charge >= 0.3 is 0 Å². The molecule has 2 aromatic rings. The Kier molecular flexibility index (Phi) is 5.34. The summed E-state index contributed by atoms with van der Waals surface area (Å²) < 4.78 is 0. The highest BCUT2D eigenvalue weighted by atomic mass is 32.2. The molecule has 2 N–H and O–H groups in total. The van der Waals surface area contributed by atoms with Crippen LogP contribution >= 0.6 is 11.8 Å². The van der Waals surface area contributed by atoms with Crippen molar-refractivity contribution in [3.8, 4) is 0 Å². The van der Waals surface area contributed by atoms with Crippen LogP contribution in [0.3, 0.4) is 0 Å². The molecule has 0 aliphatic carbocycles. The molecule has 0 bridgehead atoms. The summed E-state index contributed by atoms with van der Waals surface area (Å²) in [6.45, 7) is 7.83. The molecule has 0 aliphatic heterocycles. The second-order valence-electron chi connectivity index (χ2n) is 5.08. The number of H-pyrrole nitrogens is 1. The number of benzene rings is 1. The monoisotopic (exact) mass is 276 g/mol. The number of rotatable bonds is 7. The predicted molar refractivity (Wildman–Crippen MR) is 85.9 cm³/mol. The van der Waals surface area contributed by atoms with Crippen molar-refractivity contribution in [3.05, 3.63) is 30.3 Å². The van der Waals surface area contributed by atoms with Gasteiger partial charge in [-0.15, -0.1) is 11.8 Å². The van der Waals surface area contributed by atoms with Crippen molar-refractivity contribution in [2.75, 3.05) is 12.3 Å². The predicted octanol–water partition coefficient (Wildman–Crippen LogP) is 4.28. The van der Waals surface area contributed by atoms with Crippen molar-refractivity contribution in [2.24, 2.45) is 5.92 Å². The summed E-state index contributed by atoms with van der Waals surface area (Å²) in [4.78, 5) is 3.49. The molecule has 3 heteroatoms. The van der Waals surface area contributed by atoms with E-state index in [1.807, 2.05) is 11.8 Å². The van der Waals surface area contributed by atoms with Gasteiger partial charge in [0.15, 0.2) is 0 Å². The third-order valence-corrected chi connectivity index (χ3v) is 4.78. The van der Waals surface area contributed by atoms with E-state index in [-0.39, 0.29) is 0 Å². The van der Waals surface area contributed by atoms with Crippen LogP contribution in [0, 0.1) is 5.92 Å². The Balaban J connectivity index is 1.99. The van der Waals surface area contributed by atoms with Crippen LogP contribution in [-0.4, -0.2) is 23.3 Å². The van der Waals surface area contributed by atoms with E-state index >= 15 is 0 Å². The summed E-state index contributed by atoms with van der Waals surface area (Å²) >= 11 is 1.92. The molecule has 0 spiro atoms. The molecule has 19 heavy (non-hydrogen) atoms. The summed E-state index contributed by atoms with van der Waals surface area (Å²) in [5.41, 5.74) is 1.23. The van der Waals surface area contributed by atoms with Gasteiger partial charge in [-0.3, -0.25) is 0 Å². The van der Waals surface area contributed by atoms with Crippen LogP contribution in [-0.2, 0) is 0 Å². The van der Waals surface area contributed by atoms with Gasteiger partial charge in [0.1, 0.15) is 0 Å². The number of hydrogen-bond donors (Lipinski definition) is 2. The number of para-hydroxylation sites is 1. The van der Waals surface area contributed by atoms with Crippen molar-refractivity contribution < 1.29 is 0 Å². The number of aromatic amines is 1. The van der Waals surface area contributed by atoms with Gasteiger partial charge in [-0.25, -0.2) is 0 Å². The molecular weight excluding hydrogens is 252 g/mol. The molecule has 2 rings (SSSR count). The van der Waals surface area contributed by atoms with E-state index in [0.29, 0.717) is 6.04 Å². The zero-order valence-corrected chi connectivity index (χ0v) is 12.9. The van der Waals surface area contributed by atoms with Gasteiger partial charge in [-0.05, 0) is 24.6 Å². The van der Waals surface area contributed by atoms with Crippen molar-refractivity contribution in [3.63, 3.8) is 0 Å². The maximum Gasteiger partial charge on any atom is 0.0733 e. The minimum atomic E-state index is 0.589. The van der Waals surface area contributed by atoms with Gasteiger partial charge in [0.2, 0.25) is 0 Å². The molecule has 2 atom stereocenters. The largest absolute Gasteiger partial charge is 0.350 e. The fourth-order valence-corrected chi connectivity index (χ4v) is 3.47. The highest BCUT2D eigenvalue weighted by Crippen LogP contribution is 2.25. The Morgan fingerprint density at radius 3 is 2.74 bits per heavy atom. The van der Waals surface area contributed by atoms with Crippen LogP contribution in [0.15, 0.2) is 35.4 Å². The average Bonchev–Trinajstić information content (AvgIpc) is 2.85. The van der Waals surface area contributed by atoms with Crippen LogP contribution in [0.25, 0.3) is 10.9 Å². The number of hydrogen-bond acceptors (Lipinski definition) is 2. The lowest BCUT2D eigenvalue weighted by atomic mass is 10.0. The SMILES string of the molecule is CCNC(CSc1cc2ccccc2[nH]1)C(C)CC. The molecule has 2 nitrogen and oxygen atoms in total. The molecule has 1 heterocycles. The van der Waals surface area contributed by atoms with Crippen molar-refractivity contribution in [1.82, 2.24) is 10.3 Å². The molecule has 1 aromatic heterocycles. The molecule has 0 amide bonds. The van der Waals surface area contributed by atoms with Gasteiger partial charge in [0.25, 0.3) is 0 Å². The fraction of sp³-hybridized carbons (Fsp3) is 0.500. The highest BCUT2D eigenvalue weighted by molar-refractivity contribution is 7.99. The summed E-state index contributed by atoms with van der Waals surface area (Å²) in [6.07, 6.45) is 1.23. The van der Waals surface area contributed by atoms with E-state index in [2.05, 4.69) is 61.4 Å². The summed E-state index contributed by atoms with van der Waals surface area (Å²) in [6, 6.07) is 11.3. The maximum absolute atomic E-state index is 3.60. The van der Waals surface area contributed by atoms with E-state index in [4.69, 9.17) is 0 Å². The van der Waals surface area contributed by atoms with E-state index < -0.39 is 0 Å². The standard InChI is InChI=1S/C16H24N2S/c1-4-12(3)15(17-5-2)11-19-16-10-13-8-6-7-9-14(13)18-16/h6-10,12,15,17-18H,4-5,11H2,1-3H3. The van der Waals surface area contributed by atoms with Crippen LogP contribution in [0.5, 0.6) is 0 Å². The zero-order valence-electron chi connectivity index (χ0n) is 12.1. The molecule has 2 unspecified atom stereocenters. The molecule has 104 valence electrons. The minimum absolute atomic E-state index is 0.589. The second kappa shape index (κ2) is 7.01. The molecule has 0 radical (unpaired) electrons. The Morgan fingerprint density at radius 1 is 1.26 bits per heavy atom. The van der Waals surface area contributed by atoms with Crippen molar-refractivity contribution in [1.29, 1.82) is 0 Å². The first-order valence-corrected chi connectivity index (χ1v) is 8.17. The molecular formula is C16H24N2S. The number of aromatic nitrogens is 1. The van der Waals surface area contributed by atoms with Crippen LogP contribution in [0.2, 0.25) is 0 Å². The number of nitrogens with one attached hydrogen (secondary N) is 2. The van der Waals surface area contributed by atoms with E-state index in [9.17, 15) is 0 Å². The maximum atomic E-state index is 3.60. The van der Waals surface area contributed by atoms with Gasteiger partial charge in [0, 0.05) is 22.7 Å². The van der Waals surface area contributed by atoms with Crippen LogP contribution < -0.4 is 5.32 Å². The van der Waals surface area contributed by atoms with Crippen LogP contribution in [0.1, 0.15) is 27.2 Å².